The molecule has 0 saturated carbocycles. The van der Waals surface area contributed by atoms with E-state index in [1.54, 1.807) is 31.4 Å². The van der Waals surface area contributed by atoms with Crippen molar-refractivity contribution in [3.63, 3.8) is 0 Å². The van der Waals surface area contributed by atoms with Crippen LogP contribution >= 0.6 is 12.2 Å². The van der Waals surface area contributed by atoms with Gasteiger partial charge in [-0.3, -0.25) is 4.79 Å². The summed E-state index contributed by atoms with van der Waals surface area (Å²) in [5, 5.41) is 0. The van der Waals surface area contributed by atoms with Crippen molar-refractivity contribution >= 4 is 23.1 Å². The summed E-state index contributed by atoms with van der Waals surface area (Å²) in [4.78, 5) is 14.7. The molecule has 1 fully saturated rings. The summed E-state index contributed by atoms with van der Waals surface area (Å²) in [6.45, 7) is 1.43. The fraction of sp³-hybridized carbons (Fsp3) is 0.429. The molecule has 1 aliphatic rings. The molecule has 1 saturated heterocycles. The zero-order valence-corrected chi connectivity index (χ0v) is 11.8. The zero-order valence-electron chi connectivity index (χ0n) is 11.0. The molecule has 1 aliphatic heterocycles. The van der Waals surface area contributed by atoms with Crippen LogP contribution in [0.5, 0.6) is 5.75 Å². The van der Waals surface area contributed by atoms with Crippen LogP contribution in [0.4, 0.5) is 0 Å². The molecule has 0 spiro atoms. The number of carbonyl (C=O) groups is 1. The van der Waals surface area contributed by atoms with Gasteiger partial charge in [0, 0.05) is 24.6 Å². The number of piperidine rings is 1. The minimum absolute atomic E-state index is 0.0593. The van der Waals surface area contributed by atoms with Crippen molar-refractivity contribution in [3.05, 3.63) is 29.8 Å². The van der Waals surface area contributed by atoms with Crippen LogP contribution in [0.25, 0.3) is 0 Å². The lowest BCUT2D eigenvalue weighted by Gasteiger charge is -2.31. The third-order valence-corrected chi connectivity index (χ3v) is 3.85. The Morgan fingerprint density at radius 2 is 1.89 bits per heavy atom. The predicted molar refractivity (Wildman–Crippen MR) is 78.4 cm³/mol. The van der Waals surface area contributed by atoms with Gasteiger partial charge in [-0.25, -0.2) is 0 Å². The lowest BCUT2D eigenvalue weighted by Crippen LogP contribution is -2.41. The highest BCUT2D eigenvalue weighted by atomic mass is 32.1. The molecule has 5 heteroatoms. The van der Waals surface area contributed by atoms with Crippen molar-refractivity contribution in [1.29, 1.82) is 0 Å². The molecule has 0 aromatic heterocycles. The normalized spacial score (nSPS) is 16.2. The number of carbonyl (C=O) groups excluding carboxylic acids is 1. The van der Waals surface area contributed by atoms with Crippen molar-refractivity contribution < 1.29 is 9.53 Å². The van der Waals surface area contributed by atoms with Crippen molar-refractivity contribution in [2.24, 2.45) is 11.7 Å². The second kappa shape index (κ2) is 6.02. The highest BCUT2D eigenvalue weighted by Gasteiger charge is 2.24. The smallest absolute Gasteiger partial charge is 0.253 e. The average molecular weight is 278 g/mol. The molecular weight excluding hydrogens is 260 g/mol. The summed E-state index contributed by atoms with van der Waals surface area (Å²) in [7, 11) is 1.61. The molecule has 1 aromatic rings. The van der Waals surface area contributed by atoms with E-state index in [9.17, 15) is 4.79 Å². The number of methoxy groups -OCH3 is 1. The second-order valence-corrected chi connectivity index (χ2v) is 5.17. The number of nitrogens with zero attached hydrogens (tertiary/aromatic N) is 1. The summed E-state index contributed by atoms with van der Waals surface area (Å²) in [5.74, 6) is 1.09. The van der Waals surface area contributed by atoms with E-state index in [0.29, 0.717) is 23.6 Å². The topological polar surface area (TPSA) is 55.6 Å². The van der Waals surface area contributed by atoms with Crippen LogP contribution in [0, 0.1) is 5.92 Å². The lowest BCUT2D eigenvalue weighted by molar-refractivity contribution is 0.0710. The van der Waals surface area contributed by atoms with E-state index in [0.717, 1.165) is 18.6 Å². The van der Waals surface area contributed by atoms with E-state index in [2.05, 4.69) is 0 Å². The van der Waals surface area contributed by atoms with Gasteiger partial charge >= 0.3 is 0 Å². The second-order valence-electron chi connectivity index (χ2n) is 4.70. The minimum atomic E-state index is 0.0593. The average Bonchev–Trinajstić information content (AvgIpc) is 2.46. The quantitative estimate of drug-likeness (QED) is 0.857. The predicted octanol–water partition coefficient (Wildman–Crippen LogP) is 1.83. The SMILES string of the molecule is COc1ccc(C(=O)N2CCC(C(N)=S)CC2)cc1. The van der Waals surface area contributed by atoms with E-state index < -0.39 is 0 Å². The van der Waals surface area contributed by atoms with Crippen molar-refractivity contribution in [3.8, 4) is 5.75 Å². The first kappa shape index (κ1) is 13.8. The third-order valence-electron chi connectivity index (χ3n) is 3.52. The number of hydrogen-bond acceptors (Lipinski definition) is 3. The number of hydrogen-bond donors (Lipinski definition) is 1. The Morgan fingerprint density at radius 3 is 2.37 bits per heavy atom. The number of thiocarbonyl (C=S) groups is 1. The van der Waals surface area contributed by atoms with Gasteiger partial charge in [0.2, 0.25) is 0 Å². The molecule has 0 bridgehead atoms. The van der Waals surface area contributed by atoms with Crippen LogP contribution < -0.4 is 10.5 Å². The van der Waals surface area contributed by atoms with E-state index in [4.69, 9.17) is 22.7 Å². The molecule has 19 heavy (non-hydrogen) atoms. The van der Waals surface area contributed by atoms with Gasteiger partial charge in [0.15, 0.2) is 0 Å². The largest absolute Gasteiger partial charge is 0.497 e. The number of likely N-dealkylation sites (tertiary alicyclic amines) is 1. The molecule has 1 heterocycles. The highest BCUT2D eigenvalue weighted by Crippen LogP contribution is 2.20. The van der Waals surface area contributed by atoms with Crippen LogP contribution in [-0.2, 0) is 0 Å². The Bertz CT molecular complexity index is 465. The number of benzene rings is 1. The Morgan fingerprint density at radius 1 is 1.32 bits per heavy atom. The summed E-state index contributed by atoms with van der Waals surface area (Å²) in [6, 6.07) is 7.19. The van der Waals surface area contributed by atoms with Gasteiger partial charge in [0.1, 0.15) is 5.75 Å². The van der Waals surface area contributed by atoms with Crippen molar-refractivity contribution in [2.45, 2.75) is 12.8 Å². The van der Waals surface area contributed by atoms with Gasteiger partial charge in [-0.2, -0.15) is 0 Å². The first-order valence-corrected chi connectivity index (χ1v) is 6.75. The number of rotatable bonds is 3. The molecule has 2 rings (SSSR count). The Kier molecular flexibility index (Phi) is 4.37. The number of ether oxygens (including phenoxy) is 1. The van der Waals surface area contributed by atoms with Gasteiger partial charge in [-0.15, -0.1) is 0 Å². The fourth-order valence-electron chi connectivity index (χ4n) is 2.28. The molecule has 2 N–H and O–H groups in total. The standard InChI is InChI=1S/C14H18N2O2S/c1-18-12-4-2-11(3-5-12)14(17)16-8-6-10(7-9-16)13(15)19/h2-5,10H,6-9H2,1H3,(H2,15,19). The maximum Gasteiger partial charge on any atom is 0.253 e. The monoisotopic (exact) mass is 278 g/mol. The maximum absolute atomic E-state index is 12.3. The van der Waals surface area contributed by atoms with E-state index >= 15 is 0 Å². The molecule has 0 atom stereocenters. The minimum Gasteiger partial charge on any atom is -0.497 e. The van der Waals surface area contributed by atoms with Crippen molar-refractivity contribution in [1.82, 2.24) is 4.90 Å². The third kappa shape index (κ3) is 3.23. The molecule has 0 aliphatic carbocycles. The number of amides is 1. The molecule has 0 radical (unpaired) electrons. The van der Waals surface area contributed by atoms with E-state index in [1.807, 2.05) is 4.90 Å². The van der Waals surface area contributed by atoms with Crippen LogP contribution in [0.1, 0.15) is 23.2 Å². The summed E-state index contributed by atoms with van der Waals surface area (Å²) in [6.07, 6.45) is 1.72. The first-order valence-electron chi connectivity index (χ1n) is 6.34. The summed E-state index contributed by atoms with van der Waals surface area (Å²) >= 11 is 5.00. The molecule has 0 unspecified atom stereocenters. The van der Waals surface area contributed by atoms with E-state index in [1.165, 1.54) is 0 Å². The molecule has 1 amide bonds. The van der Waals surface area contributed by atoms with Crippen LogP contribution in [0.2, 0.25) is 0 Å². The van der Waals surface area contributed by atoms with Crippen LogP contribution in [-0.4, -0.2) is 36.0 Å². The van der Waals surface area contributed by atoms with Gasteiger partial charge in [-0.1, -0.05) is 12.2 Å². The Balaban J connectivity index is 1.98. The first-order chi connectivity index (χ1) is 9.11. The van der Waals surface area contributed by atoms with E-state index in [-0.39, 0.29) is 11.8 Å². The maximum atomic E-state index is 12.3. The zero-order chi connectivity index (χ0) is 13.8. The molecule has 102 valence electrons. The van der Waals surface area contributed by atoms with Gasteiger partial charge in [0.05, 0.1) is 12.1 Å². The Labute approximate surface area is 118 Å². The molecule has 4 nitrogen and oxygen atoms in total. The number of nitrogens with two attached hydrogens (primary N) is 1. The van der Waals surface area contributed by atoms with Crippen LogP contribution in [0.15, 0.2) is 24.3 Å². The lowest BCUT2D eigenvalue weighted by atomic mass is 9.96. The van der Waals surface area contributed by atoms with Crippen molar-refractivity contribution in [2.75, 3.05) is 20.2 Å². The fourth-order valence-corrected chi connectivity index (χ4v) is 2.52. The summed E-state index contributed by atoms with van der Waals surface area (Å²) < 4.78 is 5.08. The summed E-state index contributed by atoms with van der Waals surface area (Å²) in [5.41, 5.74) is 6.34. The van der Waals surface area contributed by atoms with Gasteiger partial charge < -0.3 is 15.4 Å². The van der Waals surface area contributed by atoms with Crippen LogP contribution in [0.3, 0.4) is 0 Å². The highest BCUT2D eigenvalue weighted by molar-refractivity contribution is 7.80. The molecule has 1 aromatic carbocycles. The molecular formula is C14H18N2O2S. The van der Waals surface area contributed by atoms with Gasteiger partial charge in [0.25, 0.3) is 5.91 Å². The van der Waals surface area contributed by atoms with Gasteiger partial charge in [-0.05, 0) is 37.1 Å². The Hall–Kier alpha value is -1.62.